The summed E-state index contributed by atoms with van der Waals surface area (Å²) in [6.07, 6.45) is 7.99. The molecular formula is C33H58FN5O7. The molecule has 3 atom stereocenters. The highest BCUT2D eigenvalue weighted by Gasteiger charge is 2.35. The number of methoxy groups -OCH3 is 2. The molecule has 0 radical (unpaired) electrons. The van der Waals surface area contributed by atoms with Crippen LogP contribution in [0.2, 0.25) is 0 Å². The van der Waals surface area contributed by atoms with Crippen LogP contribution in [0.5, 0.6) is 0 Å². The number of halogens is 1. The molecule has 0 bridgehead atoms. The number of nitrogens with one attached hydrogen (secondary N) is 1. The third-order valence-electron chi connectivity index (χ3n) is 7.18. The van der Waals surface area contributed by atoms with Gasteiger partial charge in [-0.05, 0) is 63.0 Å². The van der Waals surface area contributed by atoms with Gasteiger partial charge in [-0.3, -0.25) is 18.8 Å². The van der Waals surface area contributed by atoms with E-state index in [-0.39, 0.29) is 49.1 Å². The van der Waals surface area contributed by atoms with E-state index in [0.29, 0.717) is 25.2 Å². The molecule has 2 heterocycles. The maximum atomic E-state index is 12.5. The fourth-order valence-electron chi connectivity index (χ4n) is 4.63. The molecule has 1 aromatic rings. The Labute approximate surface area is 274 Å². The Morgan fingerprint density at radius 1 is 1.11 bits per heavy atom. The van der Waals surface area contributed by atoms with E-state index in [1.54, 1.807) is 19.9 Å². The lowest BCUT2D eigenvalue weighted by Crippen LogP contribution is -2.33. The van der Waals surface area contributed by atoms with E-state index >= 15 is 0 Å². The zero-order valence-electron chi connectivity index (χ0n) is 29.3. The highest BCUT2D eigenvalue weighted by Crippen LogP contribution is 2.38. The standard InChI is InChI=1S/C25H38N4O5.C4H10.C3H7NO2.CH3F/c1-16-12-18(14-33-21(30)13-17-8-6-5-7-9-17)34-22(16)19-10-11-20(28-19)23(27-15-26)29-24(31)25(2,3)32-4;1-4(2)3;1-6-3(5)2-4;1-2/h10-11,15-18,22,28H,5-9,12-14H2,1-4H3,(H2,26,27,29,31);4H,1-3H3;2,4H2,1H3;1H3. The second-order valence-electron chi connectivity index (χ2n) is 12.4. The smallest absolute Gasteiger partial charge is 0.319 e. The number of nitrogens with zero attached hydrogens (tertiary/aromatic N) is 2. The van der Waals surface area contributed by atoms with Crippen molar-refractivity contribution in [2.45, 2.75) is 104 Å². The van der Waals surface area contributed by atoms with Crippen molar-refractivity contribution in [2.75, 3.05) is 34.5 Å². The third kappa shape index (κ3) is 16.4. The molecule has 12 nitrogen and oxygen atoms in total. The molecule has 1 aliphatic carbocycles. The molecule has 1 saturated heterocycles. The van der Waals surface area contributed by atoms with E-state index < -0.39 is 11.5 Å². The predicted molar refractivity (Wildman–Crippen MR) is 178 cm³/mol. The number of alkyl halides is 1. The molecule has 264 valence electrons. The van der Waals surface area contributed by atoms with Crippen LogP contribution in [0.15, 0.2) is 22.1 Å². The van der Waals surface area contributed by atoms with Crippen LogP contribution in [0, 0.1) is 17.8 Å². The lowest BCUT2D eigenvalue weighted by Gasteiger charge is -2.21. The highest BCUT2D eigenvalue weighted by molar-refractivity contribution is 6.08. The number of H-pyrrole nitrogens is 1. The molecule has 1 saturated carbocycles. The van der Waals surface area contributed by atoms with Crippen LogP contribution in [0.25, 0.3) is 0 Å². The van der Waals surface area contributed by atoms with Crippen molar-refractivity contribution < 1.29 is 37.7 Å². The van der Waals surface area contributed by atoms with E-state index in [1.807, 2.05) is 6.07 Å². The maximum absolute atomic E-state index is 12.5. The first kappa shape index (κ1) is 42.8. The second kappa shape index (κ2) is 23.2. The van der Waals surface area contributed by atoms with Gasteiger partial charge in [0.2, 0.25) is 0 Å². The number of carbonyl (C=O) groups is 3. The number of nitrogens with two attached hydrogens (primary N) is 2. The Hall–Kier alpha value is -3.16. The largest absolute Gasteiger partial charge is 0.468 e. The minimum absolute atomic E-state index is 0.0312. The summed E-state index contributed by atoms with van der Waals surface area (Å²) >= 11 is 0. The monoisotopic (exact) mass is 655 g/mol. The molecule has 13 heteroatoms. The second-order valence-corrected chi connectivity index (χ2v) is 12.4. The van der Waals surface area contributed by atoms with Crippen molar-refractivity contribution >= 4 is 30.0 Å². The van der Waals surface area contributed by atoms with Crippen LogP contribution in [-0.4, -0.2) is 81.3 Å². The van der Waals surface area contributed by atoms with E-state index in [0.717, 1.165) is 37.2 Å². The molecule has 1 aliphatic heterocycles. The molecule has 0 spiro atoms. The van der Waals surface area contributed by atoms with Crippen molar-refractivity contribution in [1.82, 2.24) is 4.98 Å². The minimum atomic E-state index is -1.07. The number of carbonyl (C=O) groups excluding carboxylic acids is 3. The number of rotatable bonds is 9. The average molecular weight is 656 g/mol. The highest BCUT2D eigenvalue weighted by atomic mass is 19.1. The van der Waals surface area contributed by atoms with Gasteiger partial charge in [-0.1, -0.05) is 47.0 Å². The van der Waals surface area contributed by atoms with Crippen LogP contribution in [0.3, 0.4) is 0 Å². The summed E-state index contributed by atoms with van der Waals surface area (Å²) in [5.74, 6) is 0.715. The number of amides is 1. The van der Waals surface area contributed by atoms with E-state index in [9.17, 15) is 18.8 Å². The quantitative estimate of drug-likeness (QED) is 0.186. The van der Waals surface area contributed by atoms with Crippen LogP contribution < -0.4 is 11.5 Å². The van der Waals surface area contributed by atoms with Gasteiger partial charge in [0.25, 0.3) is 5.91 Å². The van der Waals surface area contributed by atoms with Gasteiger partial charge in [-0.15, -0.1) is 0 Å². The molecule has 2 fully saturated rings. The zero-order valence-corrected chi connectivity index (χ0v) is 29.3. The van der Waals surface area contributed by atoms with Crippen molar-refractivity contribution in [1.29, 1.82) is 0 Å². The first-order chi connectivity index (χ1) is 21.8. The average Bonchev–Trinajstić information content (AvgIpc) is 3.67. The number of hydrogen-bond donors (Lipinski definition) is 3. The Morgan fingerprint density at radius 3 is 2.22 bits per heavy atom. The van der Waals surface area contributed by atoms with Gasteiger partial charge in [0.1, 0.15) is 18.3 Å². The lowest BCUT2D eigenvalue weighted by atomic mass is 9.87. The van der Waals surface area contributed by atoms with Gasteiger partial charge in [0.05, 0.1) is 39.0 Å². The van der Waals surface area contributed by atoms with Gasteiger partial charge >= 0.3 is 11.9 Å². The van der Waals surface area contributed by atoms with E-state index in [4.69, 9.17) is 25.7 Å². The number of aromatic nitrogens is 1. The predicted octanol–water partition coefficient (Wildman–Crippen LogP) is 5.05. The van der Waals surface area contributed by atoms with Gasteiger partial charge in [-0.25, -0.2) is 4.99 Å². The Morgan fingerprint density at radius 2 is 1.72 bits per heavy atom. The van der Waals surface area contributed by atoms with Crippen LogP contribution in [-0.2, 0) is 33.3 Å². The summed E-state index contributed by atoms with van der Waals surface area (Å²) in [7, 11) is 3.25. The summed E-state index contributed by atoms with van der Waals surface area (Å²) in [5, 5.41) is 0. The van der Waals surface area contributed by atoms with Crippen molar-refractivity contribution in [3.8, 4) is 0 Å². The minimum Gasteiger partial charge on any atom is -0.468 e. The molecule has 2 aliphatic rings. The Bertz CT molecular complexity index is 1080. The number of esters is 2. The molecular weight excluding hydrogens is 597 g/mol. The maximum Gasteiger partial charge on any atom is 0.319 e. The fourth-order valence-corrected chi connectivity index (χ4v) is 4.63. The van der Waals surface area contributed by atoms with Crippen LogP contribution in [0.4, 0.5) is 4.39 Å². The first-order valence-corrected chi connectivity index (χ1v) is 15.8. The number of aliphatic imine (C=N–C) groups is 2. The first-order valence-electron chi connectivity index (χ1n) is 15.8. The summed E-state index contributed by atoms with van der Waals surface area (Å²) in [6, 6.07) is 3.68. The molecule has 0 aromatic carbocycles. The molecule has 1 amide bonds. The molecule has 1 aromatic heterocycles. The molecule has 3 rings (SSSR count). The summed E-state index contributed by atoms with van der Waals surface area (Å²) < 4.78 is 30.6. The topological polar surface area (TPSA) is 181 Å². The van der Waals surface area contributed by atoms with Gasteiger partial charge in [0, 0.05) is 19.2 Å². The molecule has 3 unspecified atom stereocenters. The lowest BCUT2D eigenvalue weighted by molar-refractivity contribution is -0.149. The van der Waals surface area contributed by atoms with E-state index in [2.05, 4.69) is 47.4 Å². The third-order valence-corrected chi connectivity index (χ3v) is 7.18. The fraction of sp³-hybridized carbons (Fsp3) is 0.727. The zero-order chi connectivity index (χ0) is 35.3. The van der Waals surface area contributed by atoms with Crippen LogP contribution in [0.1, 0.15) is 104 Å². The summed E-state index contributed by atoms with van der Waals surface area (Å²) in [5.41, 5.74) is 10.6. The van der Waals surface area contributed by atoms with Crippen molar-refractivity contribution in [2.24, 2.45) is 39.2 Å². The van der Waals surface area contributed by atoms with Crippen molar-refractivity contribution in [3.05, 3.63) is 23.5 Å². The molecule has 46 heavy (non-hydrogen) atoms. The normalized spacial score (nSPS) is 20.1. The number of hydrogen-bond acceptors (Lipinski definition) is 8. The summed E-state index contributed by atoms with van der Waals surface area (Å²) in [4.78, 5) is 46.0. The number of amidine groups is 1. The number of ether oxygens (including phenoxy) is 4. The summed E-state index contributed by atoms with van der Waals surface area (Å²) in [6.45, 7) is 12.1. The van der Waals surface area contributed by atoms with Crippen molar-refractivity contribution in [3.63, 3.8) is 0 Å². The SMILES string of the molecule is CC(C)C.CF.COC(=O)CN.COC(C)(C)C(=O)N=C(N=CN)c1ccc(C2OC(COC(=O)CC3CCCCC3)CC2C)[nH]1. The molecule has 5 N–H and O–H groups in total. The Balaban J connectivity index is 0.00000145. The van der Waals surface area contributed by atoms with Crippen LogP contribution >= 0.6 is 0 Å². The van der Waals surface area contributed by atoms with Gasteiger partial charge < -0.3 is 35.4 Å². The Kier molecular flexibility index (Phi) is 21.6. The number of aromatic amines is 1. The van der Waals surface area contributed by atoms with Gasteiger partial charge in [-0.2, -0.15) is 4.99 Å². The van der Waals surface area contributed by atoms with E-state index in [1.165, 1.54) is 33.5 Å². The van der Waals surface area contributed by atoms with Gasteiger partial charge in [0.15, 0.2) is 5.84 Å².